The standard InChI is InChI=1S/C22H30FN3O/c1-17(2)22-16-25(15-20-13-21(27-3)9-10-24-20)11-4-12-26(22)14-18-5-7-19(23)8-6-18/h5-10,13,17,22H,4,11-12,14-16H2,1-3H3. The maximum atomic E-state index is 13.2. The monoisotopic (exact) mass is 371 g/mol. The van der Waals surface area contributed by atoms with Crippen LogP contribution in [0.2, 0.25) is 0 Å². The van der Waals surface area contributed by atoms with Crippen LogP contribution in [-0.2, 0) is 13.1 Å². The van der Waals surface area contributed by atoms with Crippen LogP contribution in [0.25, 0.3) is 0 Å². The molecule has 146 valence electrons. The van der Waals surface area contributed by atoms with Crippen LogP contribution in [0.3, 0.4) is 0 Å². The minimum Gasteiger partial charge on any atom is -0.497 e. The van der Waals surface area contributed by atoms with Crippen molar-refractivity contribution < 1.29 is 9.13 Å². The summed E-state index contributed by atoms with van der Waals surface area (Å²) in [6.45, 7) is 9.41. The average molecular weight is 372 g/mol. The van der Waals surface area contributed by atoms with Gasteiger partial charge in [-0.05, 0) is 42.6 Å². The molecule has 0 saturated carbocycles. The lowest BCUT2D eigenvalue weighted by Gasteiger charge is -2.34. The van der Waals surface area contributed by atoms with Gasteiger partial charge in [-0.15, -0.1) is 0 Å². The molecule has 0 bridgehead atoms. The first-order valence-electron chi connectivity index (χ1n) is 9.75. The van der Waals surface area contributed by atoms with Crippen LogP contribution in [-0.4, -0.2) is 47.6 Å². The Bertz CT molecular complexity index is 720. The van der Waals surface area contributed by atoms with Gasteiger partial charge in [0.05, 0.1) is 12.8 Å². The summed E-state index contributed by atoms with van der Waals surface area (Å²) in [5, 5.41) is 0. The van der Waals surface area contributed by atoms with Crippen molar-refractivity contribution in [3.63, 3.8) is 0 Å². The summed E-state index contributed by atoms with van der Waals surface area (Å²) in [5.41, 5.74) is 2.22. The molecule has 1 saturated heterocycles. The molecule has 27 heavy (non-hydrogen) atoms. The molecule has 0 spiro atoms. The van der Waals surface area contributed by atoms with Crippen LogP contribution >= 0.6 is 0 Å². The third-order valence-electron chi connectivity index (χ3n) is 5.31. The maximum absolute atomic E-state index is 13.2. The molecule has 1 atom stereocenters. The lowest BCUT2D eigenvalue weighted by Crippen LogP contribution is -2.43. The molecule has 1 unspecified atom stereocenters. The Balaban J connectivity index is 1.69. The summed E-state index contributed by atoms with van der Waals surface area (Å²) in [5.74, 6) is 1.23. The second-order valence-corrected chi connectivity index (χ2v) is 7.68. The Morgan fingerprint density at radius 1 is 1.15 bits per heavy atom. The van der Waals surface area contributed by atoms with Gasteiger partial charge in [-0.3, -0.25) is 14.8 Å². The molecule has 4 nitrogen and oxygen atoms in total. The van der Waals surface area contributed by atoms with E-state index in [4.69, 9.17) is 4.74 Å². The molecule has 0 radical (unpaired) electrons. The molecular weight excluding hydrogens is 341 g/mol. The van der Waals surface area contributed by atoms with E-state index in [0.717, 1.165) is 50.6 Å². The number of hydrogen-bond donors (Lipinski definition) is 0. The fraction of sp³-hybridized carbons (Fsp3) is 0.500. The topological polar surface area (TPSA) is 28.6 Å². The maximum Gasteiger partial charge on any atom is 0.123 e. The third kappa shape index (κ3) is 5.50. The zero-order chi connectivity index (χ0) is 19.2. The van der Waals surface area contributed by atoms with Gasteiger partial charge in [-0.1, -0.05) is 26.0 Å². The molecule has 1 aromatic carbocycles. The predicted octanol–water partition coefficient (Wildman–Crippen LogP) is 3.96. The highest BCUT2D eigenvalue weighted by molar-refractivity contribution is 5.22. The van der Waals surface area contributed by atoms with E-state index in [-0.39, 0.29) is 5.82 Å². The van der Waals surface area contributed by atoms with Gasteiger partial charge in [-0.2, -0.15) is 0 Å². The minimum atomic E-state index is -0.174. The van der Waals surface area contributed by atoms with Crippen molar-refractivity contribution in [1.82, 2.24) is 14.8 Å². The highest BCUT2D eigenvalue weighted by Crippen LogP contribution is 2.21. The lowest BCUT2D eigenvalue weighted by atomic mass is 10.0. The molecule has 5 heteroatoms. The second-order valence-electron chi connectivity index (χ2n) is 7.68. The number of ether oxygens (including phenoxy) is 1. The zero-order valence-electron chi connectivity index (χ0n) is 16.6. The van der Waals surface area contributed by atoms with Crippen molar-refractivity contribution in [2.45, 2.75) is 39.4 Å². The second kappa shape index (κ2) is 9.29. The first-order chi connectivity index (χ1) is 13.0. The first-order valence-corrected chi connectivity index (χ1v) is 9.75. The summed E-state index contributed by atoms with van der Waals surface area (Å²) >= 11 is 0. The van der Waals surface area contributed by atoms with Crippen LogP contribution in [0.15, 0.2) is 42.6 Å². The Morgan fingerprint density at radius 2 is 1.93 bits per heavy atom. The smallest absolute Gasteiger partial charge is 0.123 e. The highest BCUT2D eigenvalue weighted by Gasteiger charge is 2.27. The summed E-state index contributed by atoms with van der Waals surface area (Å²) in [4.78, 5) is 9.56. The Kier molecular flexibility index (Phi) is 6.80. The van der Waals surface area contributed by atoms with Crippen molar-refractivity contribution in [2.75, 3.05) is 26.7 Å². The van der Waals surface area contributed by atoms with Gasteiger partial charge < -0.3 is 4.74 Å². The van der Waals surface area contributed by atoms with Gasteiger partial charge >= 0.3 is 0 Å². The van der Waals surface area contributed by atoms with E-state index in [9.17, 15) is 4.39 Å². The molecule has 1 aliphatic heterocycles. The first kappa shape index (κ1) is 19.8. The predicted molar refractivity (Wildman–Crippen MR) is 106 cm³/mol. The molecular formula is C22H30FN3O. The summed E-state index contributed by atoms with van der Waals surface area (Å²) in [6, 6.07) is 11.3. The fourth-order valence-electron chi connectivity index (χ4n) is 3.83. The number of hydrogen-bond acceptors (Lipinski definition) is 4. The van der Waals surface area contributed by atoms with Crippen LogP contribution in [0.4, 0.5) is 4.39 Å². The van der Waals surface area contributed by atoms with Gasteiger partial charge in [0, 0.05) is 44.5 Å². The van der Waals surface area contributed by atoms with Crippen molar-refractivity contribution >= 4 is 0 Å². The molecule has 2 aromatic rings. The van der Waals surface area contributed by atoms with Gasteiger partial charge in [-0.25, -0.2) is 4.39 Å². The molecule has 1 aromatic heterocycles. The van der Waals surface area contributed by atoms with Gasteiger partial charge in [0.1, 0.15) is 11.6 Å². The third-order valence-corrected chi connectivity index (χ3v) is 5.31. The van der Waals surface area contributed by atoms with Crippen LogP contribution < -0.4 is 4.74 Å². The summed E-state index contributed by atoms with van der Waals surface area (Å²) in [7, 11) is 1.69. The fourth-order valence-corrected chi connectivity index (χ4v) is 3.83. The molecule has 2 heterocycles. The number of rotatable bonds is 6. The van der Waals surface area contributed by atoms with Crippen molar-refractivity contribution in [1.29, 1.82) is 0 Å². The van der Waals surface area contributed by atoms with E-state index in [1.165, 1.54) is 5.56 Å². The van der Waals surface area contributed by atoms with Gasteiger partial charge in [0.15, 0.2) is 0 Å². The van der Waals surface area contributed by atoms with Crippen LogP contribution in [0.5, 0.6) is 5.75 Å². The van der Waals surface area contributed by atoms with E-state index in [0.29, 0.717) is 12.0 Å². The van der Waals surface area contributed by atoms with E-state index in [1.54, 1.807) is 19.2 Å². The van der Waals surface area contributed by atoms with E-state index < -0.39 is 0 Å². The molecule has 0 N–H and O–H groups in total. The normalized spacial score (nSPS) is 19.2. The van der Waals surface area contributed by atoms with Crippen LogP contribution in [0.1, 0.15) is 31.5 Å². The number of halogens is 1. The molecule has 1 fully saturated rings. The van der Waals surface area contributed by atoms with Crippen molar-refractivity contribution in [3.05, 3.63) is 59.7 Å². The summed E-state index contributed by atoms with van der Waals surface area (Å²) in [6.07, 6.45) is 2.93. The van der Waals surface area contributed by atoms with E-state index in [1.807, 2.05) is 30.5 Å². The van der Waals surface area contributed by atoms with Crippen LogP contribution in [0, 0.1) is 11.7 Å². The Labute approximate surface area is 162 Å². The quantitative estimate of drug-likeness (QED) is 0.768. The minimum absolute atomic E-state index is 0.174. The molecule has 0 amide bonds. The SMILES string of the molecule is COc1ccnc(CN2CCCN(Cc3ccc(F)cc3)C(C(C)C)C2)c1. The summed E-state index contributed by atoms with van der Waals surface area (Å²) < 4.78 is 18.5. The number of nitrogens with zero attached hydrogens (tertiary/aromatic N) is 3. The number of methoxy groups -OCH3 is 1. The lowest BCUT2D eigenvalue weighted by molar-refractivity contribution is 0.129. The highest BCUT2D eigenvalue weighted by atomic mass is 19.1. The average Bonchev–Trinajstić information content (AvgIpc) is 2.86. The number of pyridine rings is 1. The van der Waals surface area contributed by atoms with Crippen molar-refractivity contribution in [3.8, 4) is 5.75 Å². The zero-order valence-corrected chi connectivity index (χ0v) is 16.6. The van der Waals surface area contributed by atoms with Crippen molar-refractivity contribution in [2.24, 2.45) is 5.92 Å². The number of benzene rings is 1. The Hall–Kier alpha value is -1.98. The molecule has 1 aliphatic rings. The molecule has 3 rings (SSSR count). The van der Waals surface area contributed by atoms with Gasteiger partial charge in [0.25, 0.3) is 0 Å². The molecule has 0 aliphatic carbocycles. The van der Waals surface area contributed by atoms with E-state index >= 15 is 0 Å². The van der Waals surface area contributed by atoms with E-state index in [2.05, 4.69) is 28.6 Å². The number of aromatic nitrogens is 1. The van der Waals surface area contributed by atoms with Gasteiger partial charge in [0.2, 0.25) is 0 Å². The largest absolute Gasteiger partial charge is 0.497 e. The Morgan fingerprint density at radius 3 is 2.63 bits per heavy atom.